The molecular weight excluding hydrogens is 200 g/mol. The van der Waals surface area contributed by atoms with E-state index in [0.29, 0.717) is 5.92 Å². The van der Waals surface area contributed by atoms with E-state index in [1.165, 1.54) is 0 Å². The van der Waals surface area contributed by atoms with Crippen molar-refractivity contribution in [2.45, 2.75) is 33.2 Å². The highest BCUT2D eigenvalue weighted by molar-refractivity contribution is 6.34. The fraction of sp³-hybridized carbons (Fsp3) is 0.667. The van der Waals surface area contributed by atoms with Crippen LogP contribution in [0, 0.1) is 5.92 Å². The number of imide groups is 1. The maximum Gasteiger partial charge on any atom is 0.394 e. The van der Waals surface area contributed by atoms with Crippen molar-refractivity contribution in [3.63, 3.8) is 0 Å². The molecular formula is C9H16N2O4. The summed E-state index contributed by atoms with van der Waals surface area (Å²) in [6, 6.07) is -0.887. The summed E-state index contributed by atoms with van der Waals surface area (Å²) >= 11 is 0. The first-order valence-corrected chi connectivity index (χ1v) is 4.67. The molecule has 86 valence electrons. The van der Waals surface area contributed by atoms with Crippen molar-refractivity contribution < 1.29 is 19.5 Å². The Labute approximate surface area is 88.0 Å². The van der Waals surface area contributed by atoms with Gasteiger partial charge in [-0.25, -0.2) is 9.59 Å². The molecule has 3 amide bonds. The van der Waals surface area contributed by atoms with Crippen LogP contribution < -0.4 is 10.6 Å². The number of nitrogens with one attached hydrogen (secondary N) is 2. The minimum absolute atomic E-state index is 0.105. The van der Waals surface area contributed by atoms with Gasteiger partial charge in [0.25, 0.3) is 0 Å². The van der Waals surface area contributed by atoms with Crippen LogP contribution in [0.4, 0.5) is 4.79 Å². The number of amides is 3. The van der Waals surface area contributed by atoms with Crippen LogP contribution in [-0.4, -0.2) is 29.1 Å². The van der Waals surface area contributed by atoms with Crippen molar-refractivity contribution in [1.29, 1.82) is 0 Å². The second kappa shape index (κ2) is 6.00. The molecule has 0 bridgehead atoms. The Morgan fingerprint density at radius 3 is 2.13 bits per heavy atom. The Morgan fingerprint density at radius 2 is 1.73 bits per heavy atom. The molecule has 0 heterocycles. The van der Waals surface area contributed by atoms with E-state index in [4.69, 9.17) is 5.11 Å². The van der Waals surface area contributed by atoms with Crippen molar-refractivity contribution in [3.05, 3.63) is 0 Å². The zero-order valence-electron chi connectivity index (χ0n) is 9.03. The summed E-state index contributed by atoms with van der Waals surface area (Å²) in [6.07, 6.45) is 0.759. The van der Waals surface area contributed by atoms with Crippen molar-refractivity contribution in [2.75, 3.05) is 0 Å². The van der Waals surface area contributed by atoms with Crippen LogP contribution >= 0.6 is 0 Å². The van der Waals surface area contributed by atoms with Gasteiger partial charge in [-0.3, -0.25) is 10.1 Å². The van der Waals surface area contributed by atoms with E-state index < -0.39 is 17.9 Å². The van der Waals surface area contributed by atoms with E-state index in [0.717, 1.165) is 6.42 Å². The van der Waals surface area contributed by atoms with Crippen molar-refractivity contribution in [2.24, 2.45) is 5.92 Å². The largest absolute Gasteiger partial charge is 0.474 e. The molecule has 0 aliphatic carbocycles. The third kappa shape index (κ3) is 6.48. The fourth-order valence-electron chi connectivity index (χ4n) is 1.18. The van der Waals surface area contributed by atoms with E-state index in [-0.39, 0.29) is 6.04 Å². The second-order valence-electron chi connectivity index (χ2n) is 3.76. The number of carbonyl (C=O) groups excluding carboxylic acids is 2. The summed E-state index contributed by atoms with van der Waals surface area (Å²) in [5, 5.41) is 12.4. The molecule has 6 nitrogen and oxygen atoms in total. The average Bonchev–Trinajstić information content (AvgIpc) is 2.00. The van der Waals surface area contributed by atoms with Crippen LogP contribution in [0.5, 0.6) is 0 Å². The predicted octanol–water partition coefficient (Wildman–Crippen LogP) is 0.331. The first-order valence-electron chi connectivity index (χ1n) is 4.67. The third-order valence-corrected chi connectivity index (χ3v) is 1.62. The van der Waals surface area contributed by atoms with Crippen LogP contribution in [0.25, 0.3) is 0 Å². The number of rotatable bonds is 3. The second-order valence-corrected chi connectivity index (χ2v) is 3.76. The first kappa shape index (κ1) is 13.4. The SMILES string of the molecule is CC(C)CC(C)NC(=O)NC(=O)C(=O)O. The van der Waals surface area contributed by atoms with Gasteiger partial charge in [0, 0.05) is 6.04 Å². The number of carboxylic acids is 1. The van der Waals surface area contributed by atoms with Crippen molar-refractivity contribution in [1.82, 2.24) is 10.6 Å². The number of carboxylic acid groups (broad SMARTS) is 1. The lowest BCUT2D eigenvalue weighted by molar-refractivity contribution is -0.149. The Kier molecular flexibility index (Phi) is 5.36. The van der Waals surface area contributed by atoms with Crippen LogP contribution in [0.2, 0.25) is 0 Å². The zero-order valence-corrected chi connectivity index (χ0v) is 9.03. The molecule has 6 heteroatoms. The normalized spacial score (nSPS) is 12.0. The fourth-order valence-corrected chi connectivity index (χ4v) is 1.18. The van der Waals surface area contributed by atoms with Gasteiger partial charge in [0.1, 0.15) is 0 Å². The quantitative estimate of drug-likeness (QED) is 0.592. The molecule has 15 heavy (non-hydrogen) atoms. The summed E-state index contributed by atoms with van der Waals surface area (Å²) in [4.78, 5) is 31.7. The summed E-state index contributed by atoms with van der Waals surface area (Å²) < 4.78 is 0. The predicted molar refractivity (Wildman–Crippen MR) is 53.2 cm³/mol. The molecule has 0 aromatic carbocycles. The Balaban J connectivity index is 3.93. The van der Waals surface area contributed by atoms with Gasteiger partial charge in [-0.1, -0.05) is 13.8 Å². The number of urea groups is 1. The molecule has 0 fully saturated rings. The Hall–Kier alpha value is -1.59. The molecule has 3 N–H and O–H groups in total. The van der Waals surface area contributed by atoms with E-state index in [1.807, 2.05) is 13.8 Å². The number of hydrogen-bond donors (Lipinski definition) is 3. The van der Waals surface area contributed by atoms with Gasteiger partial charge in [0.05, 0.1) is 0 Å². The molecule has 0 aliphatic heterocycles. The lowest BCUT2D eigenvalue weighted by Crippen LogP contribution is -2.46. The van der Waals surface area contributed by atoms with Gasteiger partial charge in [-0.15, -0.1) is 0 Å². The van der Waals surface area contributed by atoms with Crippen molar-refractivity contribution in [3.8, 4) is 0 Å². The molecule has 0 rings (SSSR count). The summed E-state index contributed by atoms with van der Waals surface area (Å²) in [5.74, 6) is -2.60. The minimum Gasteiger partial charge on any atom is -0.474 e. The topological polar surface area (TPSA) is 95.5 Å². The highest BCUT2D eigenvalue weighted by atomic mass is 16.4. The Morgan fingerprint density at radius 1 is 1.20 bits per heavy atom. The molecule has 1 unspecified atom stereocenters. The molecule has 0 radical (unpaired) electrons. The summed E-state index contributed by atoms with van der Waals surface area (Å²) in [6.45, 7) is 5.78. The molecule has 1 atom stereocenters. The lowest BCUT2D eigenvalue weighted by atomic mass is 10.1. The number of hydrogen-bond acceptors (Lipinski definition) is 3. The van der Waals surface area contributed by atoms with Gasteiger partial charge < -0.3 is 10.4 Å². The lowest BCUT2D eigenvalue weighted by Gasteiger charge is -2.15. The number of carbonyl (C=O) groups is 3. The number of aliphatic carboxylic acids is 1. The molecule has 0 aromatic heterocycles. The molecule has 0 saturated carbocycles. The summed E-state index contributed by atoms with van der Waals surface area (Å²) in [5.41, 5.74) is 0. The molecule has 0 aliphatic rings. The van der Waals surface area contributed by atoms with E-state index in [2.05, 4.69) is 5.32 Å². The van der Waals surface area contributed by atoms with Gasteiger partial charge in [-0.2, -0.15) is 0 Å². The average molecular weight is 216 g/mol. The molecule has 0 saturated heterocycles. The standard InChI is InChI=1S/C9H16N2O4/c1-5(2)4-6(3)10-9(15)11-7(12)8(13)14/h5-6H,4H2,1-3H3,(H,13,14)(H2,10,11,12,15). The third-order valence-electron chi connectivity index (χ3n) is 1.62. The van der Waals surface area contributed by atoms with Crippen LogP contribution in [-0.2, 0) is 9.59 Å². The molecule has 0 aromatic rings. The Bertz CT molecular complexity index is 263. The maximum absolute atomic E-state index is 11.0. The van der Waals surface area contributed by atoms with E-state index in [9.17, 15) is 14.4 Å². The summed E-state index contributed by atoms with van der Waals surface area (Å²) in [7, 11) is 0. The monoisotopic (exact) mass is 216 g/mol. The van der Waals surface area contributed by atoms with Crippen LogP contribution in [0.1, 0.15) is 27.2 Å². The van der Waals surface area contributed by atoms with Crippen molar-refractivity contribution >= 4 is 17.9 Å². The van der Waals surface area contributed by atoms with Crippen LogP contribution in [0.15, 0.2) is 0 Å². The zero-order chi connectivity index (χ0) is 12.0. The first-order chi connectivity index (χ1) is 6.82. The van der Waals surface area contributed by atoms with Gasteiger partial charge in [0.2, 0.25) is 0 Å². The highest BCUT2D eigenvalue weighted by Crippen LogP contribution is 2.03. The molecule has 0 spiro atoms. The maximum atomic E-state index is 11.0. The van der Waals surface area contributed by atoms with E-state index in [1.54, 1.807) is 12.2 Å². The van der Waals surface area contributed by atoms with Gasteiger partial charge >= 0.3 is 17.9 Å². The van der Waals surface area contributed by atoms with Gasteiger partial charge in [-0.05, 0) is 19.3 Å². The highest BCUT2D eigenvalue weighted by Gasteiger charge is 2.16. The van der Waals surface area contributed by atoms with Gasteiger partial charge in [0.15, 0.2) is 0 Å². The minimum atomic E-state index is -1.68. The smallest absolute Gasteiger partial charge is 0.394 e. The van der Waals surface area contributed by atoms with E-state index >= 15 is 0 Å². The van der Waals surface area contributed by atoms with Crippen LogP contribution in [0.3, 0.4) is 0 Å².